The highest BCUT2D eigenvalue weighted by atomic mass is 16.5. The van der Waals surface area contributed by atoms with Crippen LogP contribution in [-0.4, -0.2) is 6.54 Å². The lowest BCUT2D eigenvalue weighted by atomic mass is 9.90. The Bertz CT molecular complexity index is 401. The topological polar surface area (TPSA) is 47.3 Å². The smallest absolute Gasteiger partial charge is 0.131 e. The van der Waals surface area contributed by atoms with Gasteiger partial charge in [0, 0.05) is 17.3 Å². The van der Waals surface area contributed by atoms with Crippen molar-refractivity contribution in [2.45, 2.75) is 25.8 Å². The molecule has 0 bridgehead atoms. The average molecular weight is 218 g/mol. The highest BCUT2D eigenvalue weighted by molar-refractivity contribution is 5.58. The van der Waals surface area contributed by atoms with Gasteiger partial charge in [-0.2, -0.15) is 0 Å². The molecule has 0 saturated heterocycles. The van der Waals surface area contributed by atoms with Crippen LogP contribution in [0.3, 0.4) is 0 Å². The Morgan fingerprint density at radius 3 is 3.12 bits per heavy atom. The lowest BCUT2D eigenvalue weighted by molar-refractivity contribution is 0.435. The van der Waals surface area contributed by atoms with Crippen LogP contribution in [0, 0.1) is 0 Å². The summed E-state index contributed by atoms with van der Waals surface area (Å²) >= 11 is 0. The van der Waals surface area contributed by atoms with Crippen LogP contribution >= 0.6 is 0 Å². The molecule has 1 aliphatic heterocycles. The maximum Gasteiger partial charge on any atom is 0.131 e. The Morgan fingerprint density at radius 1 is 1.62 bits per heavy atom. The zero-order chi connectivity index (χ0) is 11.5. The van der Waals surface area contributed by atoms with Crippen LogP contribution in [0.1, 0.15) is 30.5 Å². The zero-order valence-electron chi connectivity index (χ0n) is 9.62. The van der Waals surface area contributed by atoms with Crippen molar-refractivity contribution in [1.82, 2.24) is 5.32 Å². The second-order valence-electron chi connectivity index (χ2n) is 3.99. The maximum absolute atomic E-state index is 6.01. The molecule has 0 amide bonds. The van der Waals surface area contributed by atoms with Gasteiger partial charge in [-0.25, -0.2) is 0 Å². The first-order chi connectivity index (χ1) is 7.77. The number of benzene rings is 1. The molecular weight excluding hydrogens is 200 g/mol. The van der Waals surface area contributed by atoms with Gasteiger partial charge in [0.05, 0.1) is 6.26 Å². The van der Waals surface area contributed by atoms with Crippen molar-refractivity contribution in [3.05, 3.63) is 36.1 Å². The first-order valence-electron chi connectivity index (χ1n) is 5.70. The van der Waals surface area contributed by atoms with E-state index in [1.165, 1.54) is 17.4 Å². The summed E-state index contributed by atoms with van der Waals surface area (Å²) in [6.07, 6.45) is 3.46. The number of anilines is 1. The highest BCUT2D eigenvalue weighted by Gasteiger charge is 2.23. The minimum absolute atomic E-state index is 0.335. The van der Waals surface area contributed by atoms with Crippen molar-refractivity contribution in [3.8, 4) is 5.75 Å². The van der Waals surface area contributed by atoms with Gasteiger partial charge in [-0.05, 0) is 37.1 Å². The van der Waals surface area contributed by atoms with Gasteiger partial charge in [0.25, 0.3) is 0 Å². The molecule has 0 aliphatic carbocycles. The standard InChI is InChI=1S/C13H18N2O/c1-3-11-13-9(7-8-15-11)10(14)5-6-12(13)16-4-2/h4-6,11,15H,2-3,7-8,14H2,1H3. The van der Waals surface area contributed by atoms with Gasteiger partial charge < -0.3 is 15.8 Å². The molecule has 0 spiro atoms. The van der Waals surface area contributed by atoms with E-state index in [4.69, 9.17) is 10.5 Å². The molecule has 1 aromatic carbocycles. The van der Waals surface area contributed by atoms with Crippen molar-refractivity contribution in [2.24, 2.45) is 0 Å². The van der Waals surface area contributed by atoms with Crippen molar-refractivity contribution < 1.29 is 4.74 Å². The number of nitrogens with two attached hydrogens (primary N) is 1. The lowest BCUT2D eigenvalue weighted by Crippen LogP contribution is -2.30. The van der Waals surface area contributed by atoms with E-state index in [0.717, 1.165) is 30.8 Å². The Balaban J connectivity index is 2.52. The quantitative estimate of drug-likeness (QED) is 0.605. The third-order valence-electron chi connectivity index (χ3n) is 3.09. The second kappa shape index (κ2) is 4.58. The Kier molecular flexibility index (Phi) is 3.15. The molecule has 1 unspecified atom stereocenters. The van der Waals surface area contributed by atoms with Crippen LogP contribution in [0.2, 0.25) is 0 Å². The Labute approximate surface area is 96.3 Å². The number of nitrogens with one attached hydrogen (secondary N) is 1. The SMILES string of the molecule is C=COc1ccc(N)c2c1C(CC)NCC2. The zero-order valence-corrected chi connectivity index (χ0v) is 9.62. The van der Waals surface area contributed by atoms with E-state index in [0.29, 0.717) is 6.04 Å². The first kappa shape index (κ1) is 11.0. The van der Waals surface area contributed by atoms with Gasteiger partial charge in [-0.15, -0.1) is 0 Å². The molecule has 2 rings (SSSR count). The number of fused-ring (bicyclic) bond motifs is 1. The van der Waals surface area contributed by atoms with Crippen molar-refractivity contribution >= 4 is 5.69 Å². The van der Waals surface area contributed by atoms with Crippen LogP contribution in [0.25, 0.3) is 0 Å². The molecule has 1 aliphatic rings. The molecule has 3 N–H and O–H groups in total. The fourth-order valence-corrected chi connectivity index (χ4v) is 2.34. The van der Waals surface area contributed by atoms with Crippen LogP contribution in [0.5, 0.6) is 5.75 Å². The van der Waals surface area contributed by atoms with E-state index in [1.807, 2.05) is 12.1 Å². The highest BCUT2D eigenvalue weighted by Crippen LogP contribution is 2.36. The average Bonchev–Trinajstić information content (AvgIpc) is 2.32. The molecule has 0 radical (unpaired) electrons. The van der Waals surface area contributed by atoms with Gasteiger partial charge >= 0.3 is 0 Å². The predicted octanol–water partition coefficient (Wildman–Crippen LogP) is 2.39. The van der Waals surface area contributed by atoms with Gasteiger partial charge in [-0.3, -0.25) is 0 Å². The third kappa shape index (κ3) is 1.78. The lowest BCUT2D eigenvalue weighted by Gasteiger charge is -2.28. The van der Waals surface area contributed by atoms with E-state index >= 15 is 0 Å². The fourth-order valence-electron chi connectivity index (χ4n) is 2.34. The van der Waals surface area contributed by atoms with Crippen LogP contribution < -0.4 is 15.8 Å². The minimum Gasteiger partial charge on any atom is -0.465 e. The number of hydrogen-bond donors (Lipinski definition) is 2. The molecule has 0 saturated carbocycles. The number of hydrogen-bond acceptors (Lipinski definition) is 3. The van der Waals surface area contributed by atoms with E-state index < -0.39 is 0 Å². The minimum atomic E-state index is 0.335. The monoisotopic (exact) mass is 218 g/mol. The largest absolute Gasteiger partial charge is 0.465 e. The van der Waals surface area contributed by atoms with Crippen LogP contribution in [-0.2, 0) is 6.42 Å². The van der Waals surface area contributed by atoms with E-state index in [1.54, 1.807) is 0 Å². The normalized spacial score (nSPS) is 18.9. The molecule has 1 aromatic rings. The van der Waals surface area contributed by atoms with Gasteiger partial charge in [-0.1, -0.05) is 13.5 Å². The number of nitrogen functional groups attached to an aromatic ring is 1. The van der Waals surface area contributed by atoms with E-state index in [2.05, 4.69) is 18.8 Å². The molecule has 0 aromatic heterocycles. The summed E-state index contributed by atoms with van der Waals surface area (Å²) in [5, 5.41) is 3.48. The van der Waals surface area contributed by atoms with Crippen molar-refractivity contribution in [3.63, 3.8) is 0 Å². The number of rotatable bonds is 3. The molecule has 1 atom stereocenters. The van der Waals surface area contributed by atoms with Crippen molar-refractivity contribution in [2.75, 3.05) is 12.3 Å². The Hall–Kier alpha value is -1.48. The van der Waals surface area contributed by atoms with Gasteiger partial charge in [0.15, 0.2) is 0 Å². The third-order valence-corrected chi connectivity index (χ3v) is 3.09. The number of ether oxygens (including phenoxy) is 1. The second-order valence-corrected chi connectivity index (χ2v) is 3.99. The summed E-state index contributed by atoms with van der Waals surface area (Å²) in [5.74, 6) is 0.873. The maximum atomic E-state index is 6.01. The molecular formula is C13H18N2O. The summed E-state index contributed by atoms with van der Waals surface area (Å²) < 4.78 is 5.46. The summed E-state index contributed by atoms with van der Waals surface area (Å²) in [5.41, 5.74) is 9.31. The first-order valence-corrected chi connectivity index (χ1v) is 5.70. The van der Waals surface area contributed by atoms with E-state index in [-0.39, 0.29) is 0 Å². The summed E-state index contributed by atoms with van der Waals surface area (Å²) in [6, 6.07) is 4.17. The summed E-state index contributed by atoms with van der Waals surface area (Å²) in [4.78, 5) is 0. The predicted molar refractivity (Wildman–Crippen MR) is 66.4 cm³/mol. The van der Waals surface area contributed by atoms with Gasteiger partial charge in [0.2, 0.25) is 0 Å². The van der Waals surface area contributed by atoms with Gasteiger partial charge in [0.1, 0.15) is 5.75 Å². The molecule has 0 fully saturated rings. The van der Waals surface area contributed by atoms with E-state index in [9.17, 15) is 0 Å². The summed E-state index contributed by atoms with van der Waals surface area (Å²) in [7, 11) is 0. The fraction of sp³-hybridized carbons (Fsp3) is 0.385. The van der Waals surface area contributed by atoms with Crippen LogP contribution in [0.15, 0.2) is 25.0 Å². The molecule has 16 heavy (non-hydrogen) atoms. The Morgan fingerprint density at radius 2 is 2.44 bits per heavy atom. The molecule has 3 nitrogen and oxygen atoms in total. The summed E-state index contributed by atoms with van der Waals surface area (Å²) in [6.45, 7) is 6.74. The van der Waals surface area contributed by atoms with Crippen molar-refractivity contribution in [1.29, 1.82) is 0 Å². The molecule has 86 valence electrons. The molecule has 1 heterocycles. The van der Waals surface area contributed by atoms with Crippen LogP contribution in [0.4, 0.5) is 5.69 Å². The molecule has 3 heteroatoms.